The van der Waals surface area contributed by atoms with E-state index in [0.717, 1.165) is 11.5 Å². The Labute approximate surface area is 161 Å². The Hall–Kier alpha value is -3.42. The third-order valence-electron chi connectivity index (χ3n) is 5.56. The number of para-hydroxylation sites is 1. The maximum Gasteiger partial charge on any atom is 0.293 e. The Kier molecular flexibility index (Phi) is 3.96. The molecule has 3 aromatic rings. The van der Waals surface area contributed by atoms with Crippen LogP contribution >= 0.6 is 0 Å². The van der Waals surface area contributed by atoms with Crippen molar-refractivity contribution >= 4 is 17.5 Å². The number of aromatic nitrogens is 3. The maximum absolute atomic E-state index is 12.7. The molecule has 4 heterocycles. The number of hydrogen-bond donors (Lipinski definition) is 1. The molecule has 2 aromatic heterocycles. The lowest BCUT2D eigenvalue weighted by atomic mass is 9.89. The van der Waals surface area contributed by atoms with Gasteiger partial charge in [0, 0.05) is 31.7 Å². The highest BCUT2D eigenvalue weighted by Gasteiger charge is 2.41. The quantitative estimate of drug-likeness (QED) is 0.754. The van der Waals surface area contributed by atoms with E-state index in [4.69, 9.17) is 4.42 Å². The molecule has 0 radical (unpaired) electrons. The molecule has 1 saturated heterocycles. The summed E-state index contributed by atoms with van der Waals surface area (Å²) in [5, 5.41) is 11.2. The fourth-order valence-corrected chi connectivity index (χ4v) is 4.14. The van der Waals surface area contributed by atoms with Crippen molar-refractivity contribution in [3.8, 4) is 0 Å². The number of nitrogens with one attached hydrogen (secondary N) is 1. The minimum Gasteiger partial charge on any atom is -0.472 e. The summed E-state index contributed by atoms with van der Waals surface area (Å²) in [6.07, 6.45) is 3.70. The first-order valence-corrected chi connectivity index (χ1v) is 9.29. The van der Waals surface area contributed by atoms with E-state index in [2.05, 4.69) is 15.5 Å². The zero-order valence-corrected chi connectivity index (χ0v) is 15.1. The summed E-state index contributed by atoms with van der Waals surface area (Å²) >= 11 is 0. The fraction of sp³-hybridized carbons (Fsp3) is 0.300. The molecule has 2 aliphatic heterocycles. The van der Waals surface area contributed by atoms with Crippen molar-refractivity contribution in [3.05, 3.63) is 66.1 Å². The molecule has 1 fully saturated rings. The van der Waals surface area contributed by atoms with Gasteiger partial charge in [-0.25, -0.2) is 0 Å². The van der Waals surface area contributed by atoms with Crippen LogP contribution in [-0.2, 0) is 13.0 Å². The van der Waals surface area contributed by atoms with Crippen LogP contribution in [0.1, 0.15) is 26.8 Å². The Balaban J connectivity index is 1.32. The molecule has 2 aliphatic rings. The largest absolute Gasteiger partial charge is 0.472 e. The van der Waals surface area contributed by atoms with Crippen LogP contribution in [0.4, 0.5) is 5.69 Å². The number of nitrogens with zero attached hydrogens (tertiary/aromatic N) is 4. The molecule has 0 saturated carbocycles. The lowest BCUT2D eigenvalue weighted by Crippen LogP contribution is -2.31. The molecule has 1 N–H and O–H groups in total. The highest BCUT2D eigenvalue weighted by Crippen LogP contribution is 2.33. The van der Waals surface area contributed by atoms with Crippen molar-refractivity contribution in [1.29, 1.82) is 0 Å². The van der Waals surface area contributed by atoms with Crippen molar-refractivity contribution in [2.24, 2.45) is 11.8 Å². The first-order valence-electron chi connectivity index (χ1n) is 9.29. The Bertz CT molecular complexity index is 1010. The van der Waals surface area contributed by atoms with Crippen LogP contribution in [0.2, 0.25) is 0 Å². The number of anilines is 1. The molecular formula is C20H19N5O3. The SMILES string of the molecule is O=C(Nc1ccccc1)c1nnc2n1C[C@@H]1CN(C(=O)c3ccoc3)C[C@@H]1C2. The van der Waals surface area contributed by atoms with Gasteiger partial charge < -0.3 is 19.2 Å². The highest BCUT2D eigenvalue weighted by molar-refractivity contribution is 6.01. The van der Waals surface area contributed by atoms with E-state index in [1.54, 1.807) is 6.07 Å². The summed E-state index contributed by atoms with van der Waals surface area (Å²) in [4.78, 5) is 27.1. The van der Waals surface area contributed by atoms with Gasteiger partial charge in [0.05, 0.1) is 11.8 Å². The highest BCUT2D eigenvalue weighted by atomic mass is 16.3. The van der Waals surface area contributed by atoms with Gasteiger partial charge in [-0.1, -0.05) is 18.2 Å². The number of likely N-dealkylation sites (tertiary alicyclic amines) is 1. The number of hydrogen-bond acceptors (Lipinski definition) is 5. The summed E-state index contributed by atoms with van der Waals surface area (Å²) in [6.45, 7) is 1.98. The Morgan fingerprint density at radius 3 is 2.64 bits per heavy atom. The average Bonchev–Trinajstić information content (AvgIpc) is 3.45. The first kappa shape index (κ1) is 16.7. The van der Waals surface area contributed by atoms with Gasteiger partial charge in [-0.3, -0.25) is 9.59 Å². The Morgan fingerprint density at radius 2 is 1.86 bits per heavy atom. The third kappa shape index (κ3) is 2.87. The first-order chi connectivity index (χ1) is 13.7. The monoisotopic (exact) mass is 377 g/mol. The predicted octanol–water partition coefficient (Wildman–Crippen LogP) is 2.07. The number of carbonyl (C=O) groups is 2. The van der Waals surface area contributed by atoms with Gasteiger partial charge in [0.15, 0.2) is 0 Å². The maximum atomic E-state index is 12.7. The molecule has 142 valence electrons. The zero-order chi connectivity index (χ0) is 19.1. The summed E-state index contributed by atoms with van der Waals surface area (Å²) in [6, 6.07) is 11.0. The van der Waals surface area contributed by atoms with Crippen LogP contribution in [-0.4, -0.2) is 44.6 Å². The van der Waals surface area contributed by atoms with Gasteiger partial charge >= 0.3 is 0 Å². The Morgan fingerprint density at radius 1 is 1.04 bits per heavy atom. The second-order valence-corrected chi connectivity index (χ2v) is 7.32. The van der Waals surface area contributed by atoms with Crippen molar-refractivity contribution in [3.63, 3.8) is 0 Å². The predicted molar refractivity (Wildman–Crippen MR) is 99.7 cm³/mol. The number of fused-ring (bicyclic) bond motifs is 2. The van der Waals surface area contributed by atoms with Crippen LogP contribution in [0.5, 0.6) is 0 Å². The standard InChI is InChI=1S/C20H19N5O3/c26-19(21-16-4-2-1-3-5-16)18-23-22-17-8-14-9-24(10-15(14)11-25(17)18)20(27)13-6-7-28-12-13/h1-7,12,14-15H,8-11H2,(H,21,26)/t14-,15-/m0/s1. The molecule has 0 bridgehead atoms. The molecular weight excluding hydrogens is 358 g/mol. The molecule has 1 aromatic carbocycles. The van der Waals surface area contributed by atoms with Gasteiger partial charge in [0.2, 0.25) is 5.82 Å². The van der Waals surface area contributed by atoms with Crippen LogP contribution in [0.15, 0.2) is 53.3 Å². The molecule has 2 atom stereocenters. The summed E-state index contributed by atoms with van der Waals surface area (Å²) < 4.78 is 6.92. The van der Waals surface area contributed by atoms with E-state index in [1.165, 1.54) is 12.5 Å². The molecule has 8 nitrogen and oxygen atoms in total. The third-order valence-corrected chi connectivity index (χ3v) is 5.56. The van der Waals surface area contributed by atoms with Gasteiger partial charge in [-0.05, 0) is 30.0 Å². The van der Waals surface area contributed by atoms with E-state index < -0.39 is 0 Å². The van der Waals surface area contributed by atoms with Crippen molar-refractivity contribution in [2.75, 3.05) is 18.4 Å². The van der Waals surface area contributed by atoms with Crippen molar-refractivity contribution in [1.82, 2.24) is 19.7 Å². The van der Waals surface area contributed by atoms with E-state index in [1.807, 2.05) is 39.8 Å². The molecule has 0 aliphatic carbocycles. The molecule has 2 amide bonds. The minimum atomic E-state index is -0.271. The zero-order valence-electron chi connectivity index (χ0n) is 15.1. The van der Waals surface area contributed by atoms with Gasteiger partial charge in [-0.2, -0.15) is 0 Å². The van der Waals surface area contributed by atoms with Gasteiger partial charge in [0.25, 0.3) is 11.8 Å². The number of furan rings is 1. The number of rotatable bonds is 3. The van der Waals surface area contributed by atoms with Crippen molar-refractivity contribution < 1.29 is 14.0 Å². The minimum absolute atomic E-state index is 0.0130. The van der Waals surface area contributed by atoms with Gasteiger partial charge in [0.1, 0.15) is 12.1 Å². The second-order valence-electron chi connectivity index (χ2n) is 7.32. The molecule has 28 heavy (non-hydrogen) atoms. The van der Waals surface area contributed by atoms with Crippen molar-refractivity contribution in [2.45, 2.75) is 13.0 Å². The van der Waals surface area contributed by atoms with Crippen LogP contribution in [0.25, 0.3) is 0 Å². The molecule has 0 spiro atoms. The smallest absolute Gasteiger partial charge is 0.293 e. The van der Waals surface area contributed by atoms with Gasteiger partial charge in [-0.15, -0.1) is 10.2 Å². The number of carbonyl (C=O) groups excluding carboxylic acids is 2. The summed E-state index contributed by atoms with van der Waals surface area (Å²) in [5.41, 5.74) is 1.29. The van der Waals surface area contributed by atoms with E-state index in [9.17, 15) is 9.59 Å². The van der Waals surface area contributed by atoms with E-state index >= 15 is 0 Å². The number of amides is 2. The average molecular weight is 377 g/mol. The van der Waals surface area contributed by atoms with Crippen LogP contribution in [0, 0.1) is 11.8 Å². The summed E-state index contributed by atoms with van der Waals surface area (Å²) in [7, 11) is 0. The lowest BCUT2D eigenvalue weighted by Gasteiger charge is -2.25. The van der Waals surface area contributed by atoms with Crippen LogP contribution in [0.3, 0.4) is 0 Å². The van der Waals surface area contributed by atoms with E-state index in [0.29, 0.717) is 43.4 Å². The summed E-state index contributed by atoms with van der Waals surface area (Å²) in [5.74, 6) is 1.45. The van der Waals surface area contributed by atoms with Crippen LogP contribution < -0.4 is 5.32 Å². The molecule has 5 rings (SSSR count). The van der Waals surface area contributed by atoms with E-state index in [-0.39, 0.29) is 17.7 Å². The normalized spacial score (nSPS) is 20.5. The fourth-order valence-electron chi connectivity index (χ4n) is 4.14. The second kappa shape index (κ2) is 6.63. The topological polar surface area (TPSA) is 93.3 Å². The molecule has 8 heteroatoms. The number of benzene rings is 1. The molecule has 0 unspecified atom stereocenters. The lowest BCUT2D eigenvalue weighted by molar-refractivity contribution is 0.0782.